The van der Waals surface area contributed by atoms with E-state index in [0.29, 0.717) is 5.65 Å². The second-order valence-corrected chi connectivity index (χ2v) is 2.39. The third-order valence-electron chi connectivity index (χ3n) is 1.46. The van der Waals surface area contributed by atoms with Crippen LogP contribution in [0.2, 0.25) is 0 Å². The summed E-state index contributed by atoms with van der Waals surface area (Å²) in [7, 11) is 0. The Bertz CT molecular complexity index is 426. The van der Waals surface area contributed by atoms with E-state index in [1.807, 2.05) is 6.92 Å². The molecule has 2 heterocycles. The highest BCUT2D eigenvalue weighted by Gasteiger charge is 2.04. The summed E-state index contributed by atoms with van der Waals surface area (Å²) < 4.78 is 0. The van der Waals surface area contributed by atoms with Crippen molar-refractivity contribution in [2.45, 2.75) is 6.92 Å². The molecule has 0 saturated carbocycles. The quantitative estimate of drug-likeness (QED) is 0.493. The maximum atomic E-state index is 4.68. The van der Waals surface area contributed by atoms with Gasteiger partial charge in [0.15, 0.2) is 5.65 Å². The molecule has 7 heteroatoms. The van der Waals surface area contributed by atoms with Crippen LogP contribution in [0.4, 0.5) is 0 Å². The van der Waals surface area contributed by atoms with E-state index in [9.17, 15) is 0 Å². The molecule has 68 valence electrons. The third-order valence-corrected chi connectivity index (χ3v) is 1.46. The van der Waals surface area contributed by atoms with E-state index in [0.717, 1.165) is 11.3 Å². The summed E-state index contributed by atoms with van der Waals surface area (Å²) in [6.07, 6.45) is 1.54. The van der Waals surface area contributed by atoms with Crippen LogP contribution < -0.4 is 10.8 Å². The van der Waals surface area contributed by atoms with Crippen molar-refractivity contribution in [3.63, 3.8) is 0 Å². The van der Waals surface area contributed by atoms with E-state index >= 15 is 0 Å². The molecular weight excluding hydrogens is 174 g/mol. The molecular formula is C6H7N5O2. The van der Waals surface area contributed by atoms with E-state index in [1.165, 1.54) is 6.20 Å². The summed E-state index contributed by atoms with van der Waals surface area (Å²) in [6.45, 7) is 1.82. The first-order valence-electron chi connectivity index (χ1n) is 3.52. The largest absolute Gasteiger partial charge is 0.357 e. The Kier molecular flexibility index (Phi) is 1.80. The molecule has 0 bridgehead atoms. The lowest BCUT2D eigenvalue weighted by molar-refractivity contribution is -0.217. The lowest BCUT2D eigenvalue weighted by Crippen LogP contribution is -2.05. The Morgan fingerprint density at radius 1 is 1.46 bits per heavy atom. The summed E-state index contributed by atoms with van der Waals surface area (Å²) >= 11 is 0. The second-order valence-electron chi connectivity index (χ2n) is 2.39. The zero-order chi connectivity index (χ0) is 9.26. The molecule has 13 heavy (non-hydrogen) atoms. The van der Waals surface area contributed by atoms with Gasteiger partial charge in [-0.15, -0.1) is 0 Å². The minimum Gasteiger partial charge on any atom is -0.340 e. The molecule has 0 aliphatic heterocycles. The fourth-order valence-electron chi connectivity index (χ4n) is 0.995. The van der Waals surface area contributed by atoms with Crippen LogP contribution in [0.25, 0.3) is 11.2 Å². The van der Waals surface area contributed by atoms with Crippen LogP contribution in [0.5, 0.6) is 6.01 Å². The van der Waals surface area contributed by atoms with Crippen LogP contribution in [-0.4, -0.2) is 19.9 Å². The van der Waals surface area contributed by atoms with Gasteiger partial charge in [-0.25, -0.2) is 4.98 Å². The molecule has 0 unspecified atom stereocenters. The molecule has 0 aromatic carbocycles. The molecule has 2 aromatic rings. The average Bonchev–Trinajstić information content (AvgIpc) is 2.44. The standard InChI is InChI=1S/C6H7N5O2/c1-3-9-4-2-8-6(12-13-7)11-5(4)10-3/h2H,7H2,1H3,(H,8,9,10,11). The Morgan fingerprint density at radius 3 is 3.08 bits per heavy atom. The summed E-state index contributed by atoms with van der Waals surface area (Å²) in [5.41, 5.74) is 1.25. The van der Waals surface area contributed by atoms with Crippen molar-refractivity contribution < 1.29 is 9.88 Å². The summed E-state index contributed by atoms with van der Waals surface area (Å²) in [6, 6.07) is 0.0292. The molecule has 2 aromatic heterocycles. The van der Waals surface area contributed by atoms with Crippen molar-refractivity contribution in [3.8, 4) is 6.01 Å². The molecule has 0 fully saturated rings. The summed E-state index contributed by atoms with van der Waals surface area (Å²) in [4.78, 5) is 23.1. The molecule has 0 aliphatic rings. The maximum Gasteiger partial charge on any atom is 0.357 e. The number of hydrogen-bond acceptors (Lipinski definition) is 6. The van der Waals surface area contributed by atoms with E-state index in [-0.39, 0.29) is 6.01 Å². The highest BCUT2D eigenvalue weighted by molar-refractivity contribution is 5.69. The van der Waals surface area contributed by atoms with Crippen molar-refractivity contribution in [3.05, 3.63) is 12.0 Å². The Hall–Kier alpha value is -1.73. The van der Waals surface area contributed by atoms with Crippen molar-refractivity contribution >= 4 is 11.2 Å². The summed E-state index contributed by atoms with van der Waals surface area (Å²) in [5.74, 6) is 5.44. The van der Waals surface area contributed by atoms with E-state index in [4.69, 9.17) is 0 Å². The zero-order valence-electron chi connectivity index (χ0n) is 6.81. The molecule has 0 spiro atoms. The molecule has 0 saturated heterocycles. The second kappa shape index (κ2) is 2.96. The number of nitrogens with one attached hydrogen (secondary N) is 1. The van der Waals surface area contributed by atoms with Gasteiger partial charge in [-0.2, -0.15) is 15.9 Å². The van der Waals surface area contributed by atoms with Gasteiger partial charge in [0, 0.05) is 0 Å². The van der Waals surface area contributed by atoms with Crippen LogP contribution >= 0.6 is 0 Å². The zero-order valence-corrected chi connectivity index (χ0v) is 6.81. The van der Waals surface area contributed by atoms with Gasteiger partial charge < -0.3 is 4.98 Å². The minimum absolute atomic E-state index is 0.0292. The van der Waals surface area contributed by atoms with Crippen LogP contribution in [0.15, 0.2) is 6.20 Å². The van der Waals surface area contributed by atoms with Gasteiger partial charge in [-0.3, -0.25) is 4.89 Å². The SMILES string of the molecule is Cc1nc2nc(OON)ncc2[nH]1. The first-order valence-corrected chi connectivity index (χ1v) is 3.52. The van der Waals surface area contributed by atoms with Gasteiger partial charge in [0.05, 0.1) is 6.20 Å². The first-order chi connectivity index (χ1) is 6.29. The van der Waals surface area contributed by atoms with E-state index in [2.05, 4.69) is 35.7 Å². The van der Waals surface area contributed by atoms with Crippen LogP contribution in [-0.2, 0) is 4.99 Å². The third kappa shape index (κ3) is 1.42. The maximum absolute atomic E-state index is 4.68. The van der Waals surface area contributed by atoms with Gasteiger partial charge >= 0.3 is 6.01 Å². The number of aromatic amines is 1. The van der Waals surface area contributed by atoms with Crippen molar-refractivity contribution in [1.82, 2.24) is 19.9 Å². The van der Waals surface area contributed by atoms with Crippen LogP contribution in [0.3, 0.4) is 0 Å². The molecule has 7 nitrogen and oxygen atoms in total. The number of nitrogens with two attached hydrogens (primary N) is 1. The monoisotopic (exact) mass is 181 g/mol. The summed E-state index contributed by atoms with van der Waals surface area (Å²) in [5, 5.41) is 0. The first kappa shape index (κ1) is 7.90. The number of aromatic nitrogens is 4. The molecule has 0 radical (unpaired) electrons. The fourth-order valence-corrected chi connectivity index (χ4v) is 0.995. The highest BCUT2D eigenvalue weighted by Crippen LogP contribution is 2.10. The smallest absolute Gasteiger partial charge is 0.340 e. The Morgan fingerprint density at radius 2 is 2.31 bits per heavy atom. The fraction of sp³-hybridized carbons (Fsp3) is 0.167. The highest BCUT2D eigenvalue weighted by atomic mass is 17.3. The number of fused-ring (bicyclic) bond motifs is 1. The molecule has 3 N–H and O–H groups in total. The molecule has 0 aliphatic carbocycles. The number of H-pyrrole nitrogens is 1. The number of rotatable bonds is 2. The van der Waals surface area contributed by atoms with Gasteiger partial charge in [-0.1, -0.05) is 4.99 Å². The topological polar surface area (TPSA) is 98.9 Å². The van der Waals surface area contributed by atoms with Gasteiger partial charge in [0.1, 0.15) is 11.3 Å². The predicted molar refractivity (Wildman–Crippen MR) is 42.3 cm³/mol. The normalized spacial score (nSPS) is 10.6. The van der Waals surface area contributed by atoms with Crippen molar-refractivity contribution in [2.75, 3.05) is 0 Å². The van der Waals surface area contributed by atoms with Gasteiger partial charge in [0.25, 0.3) is 0 Å². The predicted octanol–water partition coefficient (Wildman–Crippen LogP) is -0.155. The lowest BCUT2D eigenvalue weighted by Gasteiger charge is -1.94. The van der Waals surface area contributed by atoms with Crippen molar-refractivity contribution in [2.24, 2.45) is 5.90 Å². The number of hydrogen-bond donors (Lipinski definition) is 2. The van der Waals surface area contributed by atoms with Gasteiger partial charge in [0.2, 0.25) is 0 Å². The van der Waals surface area contributed by atoms with Gasteiger partial charge in [-0.05, 0) is 6.92 Å². The van der Waals surface area contributed by atoms with E-state index in [1.54, 1.807) is 0 Å². The molecule has 2 rings (SSSR count). The van der Waals surface area contributed by atoms with Crippen molar-refractivity contribution in [1.29, 1.82) is 0 Å². The van der Waals surface area contributed by atoms with Crippen LogP contribution in [0.1, 0.15) is 5.82 Å². The average molecular weight is 181 g/mol. The molecule has 0 atom stereocenters. The van der Waals surface area contributed by atoms with Crippen LogP contribution in [0, 0.1) is 6.92 Å². The van der Waals surface area contributed by atoms with E-state index < -0.39 is 0 Å². The molecule has 0 amide bonds. The minimum atomic E-state index is 0.0292. The lowest BCUT2D eigenvalue weighted by atomic mass is 10.6. The number of nitrogens with zero attached hydrogens (tertiary/aromatic N) is 3. The Balaban J connectivity index is 2.48. The number of imidazole rings is 1. The Labute approximate surface area is 72.8 Å². The number of aryl methyl sites for hydroxylation is 1.